The van der Waals surface area contributed by atoms with E-state index in [4.69, 9.17) is 5.73 Å². The number of rotatable bonds is 8. The smallest absolute Gasteiger partial charge is 0.326 e. The zero-order chi connectivity index (χ0) is 21.8. The molecule has 0 aliphatic carbocycles. The maximum atomic E-state index is 12.6. The van der Waals surface area contributed by atoms with E-state index >= 15 is 0 Å². The zero-order valence-electron chi connectivity index (χ0n) is 16.7. The van der Waals surface area contributed by atoms with E-state index in [9.17, 15) is 14.7 Å². The number of aromatic amines is 1. The number of aromatic nitrogens is 1. The number of carboxylic acids is 1. The van der Waals surface area contributed by atoms with E-state index in [1.807, 2.05) is 53.9 Å². The number of carbonyl (C=O) groups is 2. The van der Waals surface area contributed by atoms with Crippen molar-refractivity contribution in [1.82, 2.24) is 10.3 Å². The van der Waals surface area contributed by atoms with Crippen LogP contribution < -0.4 is 11.1 Å². The van der Waals surface area contributed by atoms with Gasteiger partial charge in [-0.1, -0.05) is 42.5 Å². The van der Waals surface area contributed by atoms with Gasteiger partial charge in [0.2, 0.25) is 5.91 Å². The predicted molar refractivity (Wildman–Crippen MR) is 123 cm³/mol. The van der Waals surface area contributed by atoms with Crippen LogP contribution in [0, 0.1) is 0 Å². The zero-order valence-corrected chi connectivity index (χ0v) is 17.6. The molecule has 0 aliphatic heterocycles. The van der Waals surface area contributed by atoms with Crippen molar-refractivity contribution in [2.24, 2.45) is 5.73 Å². The lowest BCUT2D eigenvalue weighted by Crippen LogP contribution is -2.50. The lowest BCUT2D eigenvalue weighted by atomic mass is 10.0. The third kappa shape index (κ3) is 4.84. The van der Waals surface area contributed by atoms with Gasteiger partial charge in [-0.15, -0.1) is 0 Å². The molecule has 1 amide bonds. The molecule has 31 heavy (non-hydrogen) atoms. The summed E-state index contributed by atoms with van der Waals surface area (Å²) in [5.74, 6) is -1.57. The molecule has 2 heterocycles. The second-order valence-electron chi connectivity index (χ2n) is 7.48. The molecular formula is C24H23N3O3S. The molecule has 0 radical (unpaired) electrons. The molecule has 0 saturated carbocycles. The van der Waals surface area contributed by atoms with Gasteiger partial charge in [-0.3, -0.25) is 4.79 Å². The highest BCUT2D eigenvalue weighted by Gasteiger charge is 2.24. The molecule has 158 valence electrons. The van der Waals surface area contributed by atoms with Crippen molar-refractivity contribution < 1.29 is 14.7 Å². The summed E-state index contributed by atoms with van der Waals surface area (Å²) >= 11 is 1.64. The number of thiophene rings is 1. The Kier molecular flexibility index (Phi) is 6.16. The molecule has 2 aromatic carbocycles. The fraction of sp³-hybridized carbons (Fsp3) is 0.167. The first-order valence-corrected chi connectivity index (χ1v) is 10.9. The van der Waals surface area contributed by atoms with Gasteiger partial charge < -0.3 is 21.1 Å². The van der Waals surface area contributed by atoms with E-state index in [2.05, 4.69) is 21.7 Å². The molecule has 0 saturated heterocycles. The first-order chi connectivity index (χ1) is 15.0. The van der Waals surface area contributed by atoms with Gasteiger partial charge in [0.05, 0.1) is 6.04 Å². The number of nitrogens with two attached hydrogens (primary N) is 1. The number of benzene rings is 2. The summed E-state index contributed by atoms with van der Waals surface area (Å²) in [6.45, 7) is 0. The molecule has 4 rings (SSSR count). The maximum absolute atomic E-state index is 12.6. The minimum Gasteiger partial charge on any atom is -0.480 e. The maximum Gasteiger partial charge on any atom is 0.326 e. The minimum absolute atomic E-state index is 0.174. The van der Waals surface area contributed by atoms with Crippen molar-refractivity contribution in [3.63, 3.8) is 0 Å². The van der Waals surface area contributed by atoms with Crippen LogP contribution in [0.5, 0.6) is 0 Å². The van der Waals surface area contributed by atoms with E-state index in [0.29, 0.717) is 6.42 Å². The lowest BCUT2D eigenvalue weighted by Gasteiger charge is -2.18. The molecule has 0 unspecified atom stereocenters. The number of fused-ring (bicyclic) bond motifs is 1. The van der Waals surface area contributed by atoms with Crippen molar-refractivity contribution in [3.05, 3.63) is 82.7 Å². The van der Waals surface area contributed by atoms with Crippen LogP contribution in [0.3, 0.4) is 0 Å². The monoisotopic (exact) mass is 433 g/mol. The standard InChI is InChI=1S/C24H23N3O3S/c25-20(11-15-5-7-16(8-6-15)17-9-10-31-14-17)23(28)27-22(24(29)30)12-18-13-26-21-4-2-1-3-19(18)21/h1-10,13-14,20,22,26H,11-12,25H2,(H,27,28)(H,29,30)/t20-,22-/m0/s1. The molecule has 0 spiro atoms. The highest BCUT2D eigenvalue weighted by atomic mass is 32.1. The Balaban J connectivity index is 1.39. The second-order valence-corrected chi connectivity index (χ2v) is 8.26. The lowest BCUT2D eigenvalue weighted by molar-refractivity contribution is -0.141. The molecule has 6 nitrogen and oxygen atoms in total. The third-order valence-corrected chi connectivity index (χ3v) is 6.00. The van der Waals surface area contributed by atoms with Crippen LogP contribution in [0.15, 0.2) is 71.6 Å². The Morgan fingerprint density at radius 2 is 1.81 bits per heavy atom. The van der Waals surface area contributed by atoms with Crippen LogP contribution in [0.1, 0.15) is 11.1 Å². The molecule has 4 aromatic rings. The van der Waals surface area contributed by atoms with Gasteiger partial charge in [-0.2, -0.15) is 11.3 Å². The number of carbonyl (C=O) groups excluding carboxylic acids is 1. The fourth-order valence-corrected chi connectivity index (χ4v) is 4.27. The summed E-state index contributed by atoms with van der Waals surface area (Å²) in [7, 11) is 0. The molecule has 2 aromatic heterocycles. The van der Waals surface area contributed by atoms with E-state index in [1.165, 1.54) is 0 Å². The van der Waals surface area contributed by atoms with Gasteiger partial charge >= 0.3 is 5.97 Å². The highest BCUT2D eigenvalue weighted by Crippen LogP contribution is 2.23. The van der Waals surface area contributed by atoms with E-state index < -0.39 is 24.0 Å². The molecule has 2 atom stereocenters. The number of H-pyrrole nitrogens is 1. The molecule has 7 heteroatoms. The summed E-state index contributed by atoms with van der Waals surface area (Å²) in [6, 6.07) is 15.7. The van der Waals surface area contributed by atoms with Gasteiger partial charge in [0.1, 0.15) is 6.04 Å². The van der Waals surface area contributed by atoms with Crippen molar-refractivity contribution in [2.75, 3.05) is 0 Å². The largest absolute Gasteiger partial charge is 0.480 e. The number of nitrogens with one attached hydrogen (secondary N) is 2. The number of hydrogen-bond donors (Lipinski definition) is 4. The average molecular weight is 434 g/mol. The van der Waals surface area contributed by atoms with Gasteiger partial charge in [0.25, 0.3) is 0 Å². The topological polar surface area (TPSA) is 108 Å². The molecule has 0 bridgehead atoms. The van der Waals surface area contributed by atoms with Gasteiger partial charge in [0.15, 0.2) is 0 Å². The van der Waals surface area contributed by atoms with Crippen molar-refractivity contribution in [3.8, 4) is 11.1 Å². The van der Waals surface area contributed by atoms with Crippen LogP contribution in [-0.2, 0) is 22.4 Å². The van der Waals surface area contributed by atoms with Crippen molar-refractivity contribution >= 4 is 34.1 Å². The molecule has 5 N–H and O–H groups in total. The summed E-state index contributed by atoms with van der Waals surface area (Å²) in [5, 5.41) is 17.3. The van der Waals surface area contributed by atoms with Crippen LogP contribution in [0.4, 0.5) is 0 Å². The Hall–Kier alpha value is -3.42. The SMILES string of the molecule is N[C@@H](Cc1ccc(-c2ccsc2)cc1)C(=O)N[C@@H](Cc1c[nH]c2ccccc12)C(=O)O. The molecule has 0 fully saturated rings. The highest BCUT2D eigenvalue weighted by molar-refractivity contribution is 7.08. The van der Waals surface area contributed by atoms with Crippen LogP contribution in [0.25, 0.3) is 22.0 Å². The fourth-order valence-electron chi connectivity index (χ4n) is 3.61. The van der Waals surface area contributed by atoms with E-state index in [1.54, 1.807) is 17.5 Å². The number of para-hydroxylation sites is 1. The number of aliphatic carboxylic acids is 1. The van der Waals surface area contributed by atoms with Crippen LogP contribution in [-0.4, -0.2) is 34.1 Å². The summed E-state index contributed by atoms with van der Waals surface area (Å²) in [5.41, 5.74) is 11.0. The van der Waals surface area contributed by atoms with E-state index in [0.717, 1.165) is 33.2 Å². The van der Waals surface area contributed by atoms with Crippen LogP contribution >= 0.6 is 11.3 Å². The minimum atomic E-state index is -1.09. The second kappa shape index (κ2) is 9.16. The third-order valence-electron chi connectivity index (χ3n) is 5.31. The Morgan fingerprint density at radius 3 is 2.52 bits per heavy atom. The Labute approximate surface area is 183 Å². The molecule has 0 aliphatic rings. The Bertz CT molecular complexity index is 1180. The van der Waals surface area contributed by atoms with E-state index in [-0.39, 0.29) is 6.42 Å². The van der Waals surface area contributed by atoms with Crippen molar-refractivity contribution in [2.45, 2.75) is 24.9 Å². The summed E-state index contributed by atoms with van der Waals surface area (Å²) < 4.78 is 0. The van der Waals surface area contributed by atoms with Crippen molar-refractivity contribution in [1.29, 1.82) is 0 Å². The first-order valence-electron chi connectivity index (χ1n) is 9.96. The van der Waals surface area contributed by atoms with Crippen LogP contribution in [0.2, 0.25) is 0 Å². The average Bonchev–Trinajstić information content (AvgIpc) is 3.44. The quantitative estimate of drug-likeness (QED) is 0.341. The summed E-state index contributed by atoms with van der Waals surface area (Å²) in [4.78, 5) is 27.5. The summed E-state index contributed by atoms with van der Waals surface area (Å²) in [6.07, 6.45) is 2.28. The number of amides is 1. The number of hydrogen-bond acceptors (Lipinski definition) is 4. The van der Waals surface area contributed by atoms with Gasteiger partial charge in [-0.25, -0.2) is 4.79 Å². The molecular weight excluding hydrogens is 410 g/mol. The number of carboxylic acid groups (broad SMARTS) is 1. The predicted octanol–water partition coefficient (Wildman–Crippen LogP) is 3.58. The van der Waals surface area contributed by atoms with Gasteiger partial charge in [-0.05, 0) is 51.6 Å². The normalized spacial score (nSPS) is 13.1. The first kappa shape index (κ1) is 20.8. The Morgan fingerprint density at radius 1 is 1.03 bits per heavy atom. The van der Waals surface area contributed by atoms with Gasteiger partial charge in [0, 0.05) is 23.5 Å².